The maximum absolute atomic E-state index is 12.7. The van der Waals surface area contributed by atoms with E-state index in [4.69, 9.17) is 0 Å². The van der Waals surface area contributed by atoms with Crippen LogP contribution in [-0.4, -0.2) is 60.3 Å². The van der Waals surface area contributed by atoms with Crippen molar-refractivity contribution in [3.8, 4) is 0 Å². The Bertz CT molecular complexity index is 754. The average Bonchev–Trinajstić information content (AvgIpc) is 2.81. The van der Waals surface area contributed by atoms with E-state index in [0.29, 0.717) is 12.8 Å². The summed E-state index contributed by atoms with van der Waals surface area (Å²) in [6.07, 6.45) is 0.647. The number of piperidine rings is 1. The quantitative estimate of drug-likeness (QED) is 0.867. The molecule has 1 spiro atoms. The molecular formula is C16H20N2O5S. The van der Waals surface area contributed by atoms with Gasteiger partial charge in [0.25, 0.3) is 0 Å². The first-order chi connectivity index (χ1) is 11.3. The van der Waals surface area contributed by atoms with Crippen LogP contribution >= 0.6 is 0 Å². The molecule has 1 aromatic rings. The predicted octanol–water partition coefficient (Wildman–Crippen LogP) is 0.773. The predicted molar refractivity (Wildman–Crippen MR) is 85.7 cm³/mol. The summed E-state index contributed by atoms with van der Waals surface area (Å²) in [7, 11) is -1.98. The number of nitrogens with zero attached hydrogens (tertiary/aromatic N) is 2. The Morgan fingerprint density at radius 2 is 1.79 bits per heavy atom. The van der Waals surface area contributed by atoms with E-state index in [1.165, 1.54) is 9.21 Å². The Balaban J connectivity index is 1.83. The van der Waals surface area contributed by atoms with Gasteiger partial charge >= 0.3 is 5.97 Å². The van der Waals surface area contributed by atoms with E-state index in [0.717, 1.165) is 0 Å². The molecule has 0 aliphatic carbocycles. The number of rotatable bonds is 3. The van der Waals surface area contributed by atoms with Crippen molar-refractivity contribution >= 4 is 21.9 Å². The van der Waals surface area contributed by atoms with Crippen LogP contribution in [0.1, 0.15) is 19.3 Å². The van der Waals surface area contributed by atoms with Crippen molar-refractivity contribution in [1.29, 1.82) is 0 Å². The van der Waals surface area contributed by atoms with Gasteiger partial charge in [0, 0.05) is 26.6 Å². The minimum atomic E-state index is -3.59. The number of carboxylic acid groups (broad SMARTS) is 1. The molecule has 130 valence electrons. The van der Waals surface area contributed by atoms with Gasteiger partial charge in [-0.25, -0.2) is 8.42 Å². The molecule has 7 nitrogen and oxygen atoms in total. The van der Waals surface area contributed by atoms with E-state index >= 15 is 0 Å². The molecule has 1 N–H and O–H groups in total. The van der Waals surface area contributed by atoms with Crippen LogP contribution in [0.25, 0.3) is 0 Å². The third-order valence-electron chi connectivity index (χ3n) is 5.34. The van der Waals surface area contributed by atoms with Crippen LogP contribution in [0, 0.1) is 5.92 Å². The highest BCUT2D eigenvalue weighted by Crippen LogP contribution is 2.43. The fourth-order valence-corrected chi connectivity index (χ4v) is 5.30. The van der Waals surface area contributed by atoms with E-state index in [2.05, 4.69) is 0 Å². The highest BCUT2D eigenvalue weighted by molar-refractivity contribution is 7.89. The molecule has 0 saturated carbocycles. The first kappa shape index (κ1) is 16.9. The van der Waals surface area contributed by atoms with Crippen molar-refractivity contribution in [1.82, 2.24) is 9.21 Å². The van der Waals surface area contributed by atoms with Gasteiger partial charge in [0.1, 0.15) is 0 Å². The van der Waals surface area contributed by atoms with Gasteiger partial charge in [-0.05, 0) is 25.0 Å². The molecule has 2 saturated heterocycles. The van der Waals surface area contributed by atoms with Gasteiger partial charge in [0.15, 0.2) is 0 Å². The van der Waals surface area contributed by atoms with E-state index in [1.807, 2.05) is 0 Å². The Hall–Kier alpha value is -1.93. The van der Waals surface area contributed by atoms with Crippen LogP contribution in [-0.2, 0) is 19.6 Å². The lowest BCUT2D eigenvalue weighted by atomic mass is 9.77. The van der Waals surface area contributed by atoms with Crippen molar-refractivity contribution in [2.45, 2.75) is 29.7 Å². The lowest BCUT2D eigenvalue weighted by molar-refractivity contribution is -0.145. The van der Waals surface area contributed by atoms with Crippen molar-refractivity contribution < 1.29 is 23.1 Å². The summed E-state index contributed by atoms with van der Waals surface area (Å²) < 4.78 is 26.7. The number of hydrogen-bond donors (Lipinski definition) is 1. The number of likely N-dealkylation sites (tertiary alicyclic amines) is 1. The second-order valence-electron chi connectivity index (χ2n) is 6.37. The van der Waals surface area contributed by atoms with Crippen LogP contribution in [0.4, 0.5) is 0 Å². The smallest absolute Gasteiger partial charge is 0.309 e. The minimum Gasteiger partial charge on any atom is -0.481 e. The number of benzene rings is 1. The monoisotopic (exact) mass is 352 g/mol. The number of aliphatic carboxylic acids is 1. The second kappa shape index (κ2) is 5.86. The number of carbonyl (C=O) groups excluding carboxylic acids is 1. The number of amides is 1. The second-order valence-corrected chi connectivity index (χ2v) is 8.31. The summed E-state index contributed by atoms with van der Waals surface area (Å²) in [5.74, 6) is -1.97. The van der Waals surface area contributed by atoms with Gasteiger partial charge in [0.2, 0.25) is 15.9 Å². The van der Waals surface area contributed by atoms with Crippen molar-refractivity contribution in [2.24, 2.45) is 5.92 Å². The third kappa shape index (κ3) is 2.50. The lowest BCUT2D eigenvalue weighted by Crippen LogP contribution is -2.56. The fraction of sp³-hybridized carbons (Fsp3) is 0.500. The molecule has 1 aromatic carbocycles. The van der Waals surface area contributed by atoms with Crippen LogP contribution in [0.15, 0.2) is 35.2 Å². The van der Waals surface area contributed by atoms with Gasteiger partial charge in [0.05, 0.1) is 16.4 Å². The first-order valence-corrected chi connectivity index (χ1v) is 9.28. The highest BCUT2D eigenvalue weighted by Gasteiger charge is 2.56. The largest absolute Gasteiger partial charge is 0.481 e. The van der Waals surface area contributed by atoms with Crippen molar-refractivity contribution in [3.05, 3.63) is 30.3 Å². The van der Waals surface area contributed by atoms with Crippen LogP contribution in [0.3, 0.4) is 0 Å². The zero-order valence-electron chi connectivity index (χ0n) is 13.4. The van der Waals surface area contributed by atoms with Crippen LogP contribution in [0.5, 0.6) is 0 Å². The van der Waals surface area contributed by atoms with Crippen LogP contribution < -0.4 is 0 Å². The Labute approximate surface area is 140 Å². The molecule has 2 aliphatic rings. The van der Waals surface area contributed by atoms with Gasteiger partial charge in [-0.3, -0.25) is 9.59 Å². The Morgan fingerprint density at radius 1 is 1.21 bits per heavy atom. The number of hydrogen-bond acceptors (Lipinski definition) is 4. The normalized spacial score (nSPS) is 24.5. The molecule has 1 amide bonds. The summed E-state index contributed by atoms with van der Waals surface area (Å²) in [6, 6.07) is 8.18. The Morgan fingerprint density at radius 3 is 2.33 bits per heavy atom. The summed E-state index contributed by atoms with van der Waals surface area (Å²) in [4.78, 5) is 25.3. The SMILES string of the molecule is CN1C(=O)C[C@@H](C(=O)O)C12CCN(S(=O)(=O)c1ccccc1)CC2. The summed E-state index contributed by atoms with van der Waals surface area (Å²) in [5.41, 5.74) is -0.786. The maximum atomic E-state index is 12.7. The Kier molecular flexibility index (Phi) is 4.13. The molecule has 0 bridgehead atoms. The molecule has 1 atom stereocenters. The van der Waals surface area contributed by atoms with Gasteiger partial charge in [-0.2, -0.15) is 4.31 Å². The average molecular weight is 352 g/mol. The first-order valence-electron chi connectivity index (χ1n) is 7.84. The standard InChI is InChI=1S/C16H20N2O5S/c1-17-14(19)11-13(15(20)21)16(17)7-9-18(10-8-16)24(22,23)12-5-3-2-4-6-12/h2-6,13H,7-11H2,1H3,(H,20,21)/t13-/m0/s1. The minimum absolute atomic E-state index is 0.0166. The molecule has 0 unspecified atom stereocenters. The molecule has 3 rings (SSSR count). The van der Waals surface area contributed by atoms with Gasteiger partial charge in [-0.1, -0.05) is 18.2 Å². The lowest BCUT2D eigenvalue weighted by Gasteiger charge is -2.45. The van der Waals surface area contributed by atoms with E-state index in [9.17, 15) is 23.1 Å². The molecular weight excluding hydrogens is 332 g/mol. The fourth-order valence-electron chi connectivity index (χ4n) is 3.84. The summed E-state index contributed by atoms with van der Waals surface area (Å²) in [5, 5.41) is 9.46. The molecule has 2 fully saturated rings. The van der Waals surface area contributed by atoms with E-state index in [1.54, 1.807) is 37.4 Å². The number of carboxylic acids is 1. The maximum Gasteiger partial charge on any atom is 0.309 e. The molecule has 0 aromatic heterocycles. The molecule has 2 heterocycles. The van der Waals surface area contributed by atoms with Crippen LogP contribution in [0.2, 0.25) is 0 Å². The van der Waals surface area contributed by atoms with Crippen molar-refractivity contribution in [2.75, 3.05) is 20.1 Å². The summed E-state index contributed by atoms with van der Waals surface area (Å²) >= 11 is 0. The van der Waals surface area contributed by atoms with E-state index < -0.39 is 27.4 Å². The number of sulfonamides is 1. The van der Waals surface area contributed by atoms with E-state index in [-0.39, 0.29) is 30.3 Å². The highest BCUT2D eigenvalue weighted by atomic mass is 32.2. The van der Waals surface area contributed by atoms with Gasteiger partial charge < -0.3 is 10.0 Å². The zero-order chi connectivity index (χ0) is 17.5. The molecule has 8 heteroatoms. The van der Waals surface area contributed by atoms with Gasteiger partial charge in [-0.15, -0.1) is 0 Å². The topological polar surface area (TPSA) is 95.0 Å². The van der Waals surface area contributed by atoms with Crippen molar-refractivity contribution in [3.63, 3.8) is 0 Å². The molecule has 2 aliphatic heterocycles. The molecule has 24 heavy (non-hydrogen) atoms. The zero-order valence-corrected chi connectivity index (χ0v) is 14.2. The summed E-state index contributed by atoms with van der Waals surface area (Å²) in [6.45, 7) is 0.414. The number of carbonyl (C=O) groups is 2. The third-order valence-corrected chi connectivity index (χ3v) is 7.25. The molecule has 0 radical (unpaired) electrons.